The number of nitro groups is 1. The van der Waals surface area contributed by atoms with Gasteiger partial charge in [0.05, 0.1) is 23.0 Å². The monoisotopic (exact) mass is 340 g/mol. The molecule has 22 heavy (non-hydrogen) atoms. The number of benzene rings is 1. The molecule has 0 atom stereocenters. The minimum Gasteiger partial charge on any atom is -0.495 e. The van der Waals surface area contributed by atoms with Crippen LogP contribution in [0.15, 0.2) is 17.0 Å². The van der Waals surface area contributed by atoms with Crippen LogP contribution in [-0.2, 0) is 0 Å². The van der Waals surface area contributed by atoms with Crippen LogP contribution in [0.25, 0.3) is 0 Å². The number of aromatic nitrogens is 2. The van der Waals surface area contributed by atoms with E-state index in [2.05, 4.69) is 15.5 Å². The second-order valence-corrected chi connectivity index (χ2v) is 6.09. The number of carbonyl (C=O) groups excluding carboxylic acids is 1. The number of amides is 1. The molecule has 116 valence electrons. The third-order valence-electron chi connectivity index (χ3n) is 2.69. The van der Waals surface area contributed by atoms with Crippen molar-refractivity contribution in [3.63, 3.8) is 0 Å². The molecule has 2 rings (SSSR count). The first-order valence-electron chi connectivity index (χ1n) is 5.98. The van der Waals surface area contributed by atoms with Gasteiger partial charge >= 0.3 is 0 Å². The molecular formula is C12H12N4O4S2. The molecule has 0 saturated heterocycles. The van der Waals surface area contributed by atoms with Crippen molar-refractivity contribution in [2.45, 2.75) is 11.8 Å². The fourth-order valence-corrected chi connectivity index (χ4v) is 2.88. The third-order valence-corrected chi connectivity index (χ3v) is 4.20. The zero-order chi connectivity index (χ0) is 16.3. The molecule has 0 radical (unpaired) electrons. The number of thioether (sulfide) groups is 1. The van der Waals surface area contributed by atoms with Gasteiger partial charge in [0.15, 0.2) is 0 Å². The largest absolute Gasteiger partial charge is 0.495 e. The average Bonchev–Trinajstić information content (AvgIpc) is 2.90. The number of ether oxygens (including phenoxy) is 1. The van der Waals surface area contributed by atoms with Crippen LogP contribution in [0.5, 0.6) is 5.75 Å². The summed E-state index contributed by atoms with van der Waals surface area (Å²) in [7, 11) is 1.42. The molecule has 1 aromatic carbocycles. The number of aryl methyl sites for hydroxylation is 1. The van der Waals surface area contributed by atoms with Crippen molar-refractivity contribution in [1.29, 1.82) is 0 Å². The highest BCUT2D eigenvalue weighted by atomic mass is 32.2. The molecule has 0 aliphatic carbocycles. The highest BCUT2D eigenvalue weighted by molar-refractivity contribution is 7.98. The van der Waals surface area contributed by atoms with Gasteiger partial charge in [0, 0.05) is 0 Å². The Hall–Kier alpha value is -2.20. The Balaban J connectivity index is 2.43. The number of rotatable bonds is 5. The van der Waals surface area contributed by atoms with Crippen molar-refractivity contribution in [2.24, 2.45) is 0 Å². The Bertz CT molecular complexity index is 732. The van der Waals surface area contributed by atoms with Gasteiger partial charge in [-0.1, -0.05) is 11.3 Å². The fraction of sp³-hybridized carbons (Fsp3) is 0.250. The lowest BCUT2D eigenvalue weighted by atomic mass is 10.1. The molecule has 1 amide bonds. The predicted molar refractivity (Wildman–Crippen MR) is 84.0 cm³/mol. The minimum atomic E-state index is -0.618. The highest BCUT2D eigenvalue weighted by Crippen LogP contribution is 2.34. The van der Waals surface area contributed by atoms with Crippen molar-refractivity contribution >= 4 is 39.8 Å². The number of methoxy groups -OCH3 is 1. The summed E-state index contributed by atoms with van der Waals surface area (Å²) in [6.07, 6.45) is 1.79. The Labute approximate surface area is 134 Å². The summed E-state index contributed by atoms with van der Waals surface area (Å²) in [5, 5.41) is 22.2. The Morgan fingerprint density at radius 1 is 1.45 bits per heavy atom. The zero-order valence-electron chi connectivity index (χ0n) is 11.9. The van der Waals surface area contributed by atoms with E-state index < -0.39 is 10.8 Å². The number of nitrogens with one attached hydrogen (secondary N) is 1. The second kappa shape index (κ2) is 6.71. The topological polar surface area (TPSA) is 107 Å². The summed E-state index contributed by atoms with van der Waals surface area (Å²) < 4.78 is 5.11. The predicted octanol–water partition coefficient (Wildman–Crippen LogP) is 2.74. The quantitative estimate of drug-likeness (QED) is 0.506. The second-order valence-electron chi connectivity index (χ2n) is 4.06. The van der Waals surface area contributed by atoms with Crippen LogP contribution in [0.4, 0.5) is 10.8 Å². The Kier molecular flexibility index (Phi) is 4.93. The molecule has 0 bridgehead atoms. The molecule has 1 aromatic heterocycles. The van der Waals surface area contributed by atoms with E-state index in [0.717, 1.165) is 0 Å². The molecule has 2 aromatic rings. The van der Waals surface area contributed by atoms with Crippen LogP contribution in [0, 0.1) is 17.0 Å². The van der Waals surface area contributed by atoms with E-state index in [-0.39, 0.29) is 11.3 Å². The summed E-state index contributed by atoms with van der Waals surface area (Å²) >= 11 is 2.52. The van der Waals surface area contributed by atoms with Crippen LogP contribution in [0.2, 0.25) is 0 Å². The molecular weight excluding hydrogens is 328 g/mol. The van der Waals surface area contributed by atoms with Gasteiger partial charge in [-0.2, -0.15) is 0 Å². The van der Waals surface area contributed by atoms with E-state index in [9.17, 15) is 14.9 Å². The number of anilines is 1. The Morgan fingerprint density at radius 3 is 2.68 bits per heavy atom. The maximum atomic E-state index is 12.3. The van der Waals surface area contributed by atoms with E-state index in [0.29, 0.717) is 20.8 Å². The van der Waals surface area contributed by atoms with Crippen molar-refractivity contribution in [2.75, 3.05) is 18.7 Å². The van der Waals surface area contributed by atoms with Crippen molar-refractivity contribution in [3.8, 4) is 5.75 Å². The standard InChI is InChI=1S/C12H12N4O4S2/c1-6-14-15-12(22-6)13-11(17)7-4-10(21-3)9(20-2)5-8(7)16(18)19/h4-5H,1-3H3,(H,13,15,17). The van der Waals surface area contributed by atoms with Gasteiger partial charge in [-0.25, -0.2) is 0 Å². The SMILES string of the molecule is COc1cc([N+](=O)[O-])c(C(=O)Nc2nnc(C)s2)cc1SC. The third kappa shape index (κ3) is 3.34. The van der Waals surface area contributed by atoms with E-state index in [1.807, 2.05) is 0 Å². The molecule has 0 saturated carbocycles. The summed E-state index contributed by atoms with van der Waals surface area (Å²) in [5.74, 6) is -0.261. The van der Waals surface area contributed by atoms with E-state index in [1.54, 1.807) is 13.2 Å². The molecule has 0 aliphatic rings. The Morgan fingerprint density at radius 2 is 2.18 bits per heavy atom. The van der Waals surface area contributed by atoms with Gasteiger partial charge in [0.25, 0.3) is 11.6 Å². The molecule has 0 spiro atoms. The molecule has 0 fully saturated rings. The van der Waals surface area contributed by atoms with Crippen LogP contribution in [0.3, 0.4) is 0 Å². The summed E-state index contributed by atoms with van der Waals surface area (Å²) in [5.41, 5.74) is -0.378. The number of nitro benzene ring substituents is 1. The van der Waals surface area contributed by atoms with Gasteiger partial charge in [0.2, 0.25) is 5.13 Å². The molecule has 0 unspecified atom stereocenters. The van der Waals surface area contributed by atoms with Crippen LogP contribution >= 0.6 is 23.1 Å². The van der Waals surface area contributed by atoms with Crippen LogP contribution < -0.4 is 10.1 Å². The molecule has 10 heteroatoms. The summed E-state index contributed by atoms with van der Waals surface area (Å²) in [6.45, 7) is 1.75. The van der Waals surface area contributed by atoms with Gasteiger partial charge in [-0.05, 0) is 19.2 Å². The molecule has 1 heterocycles. The van der Waals surface area contributed by atoms with Crippen LogP contribution in [0.1, 0.15) is 15.4 Å². The van der Waals surface area contributed by atoms with Crippen molar-refractivity contribution in [1.82, 2.24) is 10.2 Å². The average molecular weight is 340 g/mol. The fourth-order valence-electron chi connectivity index (χ4n) is 1.71. The summed E-state index contributed by atoms with van der Waals surface area (Å²) in [6, 6.07) is 2.68. The molecule has 0 aliphatic heterocycles. The highest BCUT2D eigenvalue weighted by Gasteiger charge is 2.24. The first-order chi connectivity index (χ1) is 10.5. The van der Waals surface area contributed by atoms with Gasteiger partial charge < -0.3 is 4.74 Å². The first-order valence-corrected chi connectivity index (χ1v) is 8.02. The smallest absolute Gasteiger partial charge is 0.285 e. The normalized spacial score (nSPS) is 10.3. The lowest BCUT2D eigenvalue weighted by molar-refractivity contribution is -0.385. The van der Waals surface area contributed by atoms with Crippen molar-refractivity contribution < 1.29 is 14.5 Å². The lowest BCUT2D eigenvalue weighted by Crippen LogP contribution is -2.14. The summed E-state index contributed by atoms with van der Waals surface area (Å²) in [4.78, 5) is 23.5. The number of carbonyl (C=O) groups is 1. The van der Waals surface area contributed by atoms with E-state index in [1.165, 1.54) is 42.3 Å². The number of hydrogen-bond acceptors (Lipinski definition) is 8. The van der Waals surface area contributed by atoms with Crippen molar-refractivity contribution in [3.05, 3.63) is 32.8 Å². The maximum Gasteiger partial charge on any atom is 0.285 e. The molecule has 1 N–H and O–H groups in total. The maximum absolute atomic E-state index is 12.3. The van der Waals surface area contributed by atoms with Gasteiger partial charge in [-0.3, -0.25) is 20.2 Å². The first kappa shape index (κ1) is 16.2. The van der Waals surface area contributed by atoms with E-state index >= 15 is 0 Å². The number of nitrogens with zero attached hydrogens (tertiary/aromatic N) is 3. The molecule has 8 nitrogen and oxygen atoms in total. The number of hydrogen-bond donors (Lipinski definition) is 1. The lowest BCUT2D eigenvalue weighted by Gasteiger charge is -2.09. The minimum absolute atomic E-state index is 0.0528. The van der Waals surface area contributed by atoms with Gasteiger partial charge in [-0.15, -0.1) is 22.0 Å². The van der Waals surface area contributed by atoms with Crippen LogP contribution in [-0.4, -0.2) is 34.4 Å². The van der Waals surface area contributed by atoms with E-state index in [4.69, 9.17) is 4.74 Å². The van der Waals surface area contributed by atoms with Gasteiger partial charge in [0.1, 0.15) is 16.3 Å². The zero-order valence-corrected chi connectivity index (χ0v) is 13.6.